The first-order valence-electron chi connectivity index (χ1n) is 12.1. The number of hydrogen-bond donors (Lipinski definition) is 0. The zero-order valence-corrected chi connectivity index (χ0v) is 20.1. The van der Waals surface area contributed by atoms with Gasteiger partial charge in [0.25, 0.3) is 11.8 Å². The molecular formula is C28H34N2O3. The molecule has 5 nitrogen and oxygen atoms in total. The Labute approximate surface area is 197 Å². The Hall–Kier alpha value is -3.08. The minimum atomic E-state index is -0.256. The average Bonchev–Trinajstić information content (AvgIpc) is 3.08. The lowest BCUT2D eigenvalue weighted by Gasteiger charge is -2.33. The predicted octanol–water partition coefficient (Wildman–Crippen LogP) is 5.30. The van der Waals surface area contributed by atoms with Crippen molar-refractivity contribution in [2.75, 3.05) is 24.6 Å². The first-order valence-corrected chi connectivity index (χ1v) is 12.1. The fourth-order valence-electron chi connectivity index (χ4n) is 4.56. The minimum Gasteiger partial charge on any atom is -0.493 e. The van der Waals surface area contributed by atoms with Crippen LogP contribution in [0.5, 0.6) is 5.75 Å². The van der Waals surface area contributed by atoms with E-state index in [2.05, 4.69) is 32.6 Å². The highest BCUT2D eigenvalue weighted by atomic mass is 16.5. The lowest BCUT2D eigenvalue weighted by atomic mass is 9.97. The van der Waals surface area contributed by atoms with Crippen LogP contribution in [-0.4, -0.2) is 36.4 Å². The summed E-state index contributed by atoms with van der Waals surface area (Å²) in [6, 6.07) is 15.3. The van der Waals surface area contributed by atoms with Gasteiger partial charge in [0, 0.05) is 13.1 Å². The highest BCUT2D eigenvalue weighted by molar-refractivity contribution is 6.45. The molecule has 174 valence electrons. The molecule has 2 aliphatic rings. The molecule has 0 spiro atoms. The molecule has 0 N–H and O–H groups in total. The van der Waals surface area contributed by atoms with Crippen molar-refractivity contribution >= 4 is 23.1 Å². The van der Waals surface area contributed by atoms with Gasteiger partial charge in [0.05, 0.1) is 17.9 Å². The van der Waals surface area contributed by atoms with Crippen molar-refractivity contribution in [1.82, 2.24) is 4.90 Å². The van der Waals surface area contributed by atoms with Gasteiger partial charge in [-0.25, -0.2) is 4.90 Å². The van der Waals surface area contributed by atoms with E-state index >= 15 is 0 Å². The Balaban J connectivity index is 1.72. The molecule has 4 rings (SSSR count). The molecule has 2 aromatic rings. The van der Waals surface area contributed by atoms with Gasteiger partial charge in [0.1, 0.15) is 11.4 Å². The highest BCUT2D eigenvalue weighted by Crippen LogP contribution is 2.37. The topological polar surface area (TPSA) is 49.9 Å². The molecule has 2 aliphatic heterocycles. The van der Waals surface area contributed by atoms with Crippen LogP contribution >= 0.6 is 0 Å². The van der Waals surface area contributed by atoms with Crippen LogP contribution in [0, 0.1) is 11.8 Å². The Bertz CT molecular complexity index is 1040. The van der Waals surface area contributed by atoms with Crippen LogP contribution in [-0.2, 0) is 16.0 Å². The predicted molar refractivity (Wildman–Crippen MR) is 132 cm³/mol. The number of nitrogens with zero attached hydrogens (tertiary/aromatic N) is 2. The van der Waals surface area contributed by atoms with E-state index in [1.54, 1.807) is 0 Å². The summed E-state index contributed by atoms with van der Waals surface area (Å²) < 4.78 is 5.81. The molecular weight excluding hydrogens is 412 g/mol. The van der Waals surface area contributed by atoms with Gasteiger partial charge in [-0.3, -0.25) is 9.59 Å². The molecule has 1 atom stereocenters. The molecule has 0 aliphatic carbocycles. The van der Waals surface area contributed by atoms with Crippen molar-refractivity contribution in [3.05, 3.63) is 65.4 Å². The van der Waals surface area contributed by atoms with Gasteiger partial charge < -0.3 is 9.64 Å². The normalized spacial score (nSPS) is 19.1. The summed E-state index contributed by atoms with van der Waals surface area (Å²) in [4.78, 5) is 30.8. The number of likely N-dealkylation sites (tertiary alicyclic amines) is 1. The summed E-state index contributed by atoms with van der Waals surface area (Å²) in [6.07, 6.45) is 3.08. The minimum absolute atomic E-state index is 0.228. The van der Waals surface area contributed by atoms with Crippen LogP contribution in [0.3, 0.4) is 0 Å². The van der Waals surface area contributed by atoms with Crippen LogP contribution in [0.15, 0.2) is 54.2 Å². The maximum absolute atomic E-state index is 13.7. The van der Waals surface area contributed by atoms with E-state index in [9.17, 15) is 9.59 Å². The summed E-state index contributed by atoms with van der Waals surface area (Å²) in [5.41, 5.74) is 3.57. The van der Waals surface area contributed by atoms with Gasteiger partial charge >= 0.3 is 0 Å². The third-order valence-electron chi connectivity index (χ3n) is 6.36. The molecule has 1 saturated heterocycles. The van der Waals surface area contributed by atoms with Crippen LogP contribution in [0.1, 0.15) is 51.7 Å². The molecule has 1 unspecified atom stereocenters. The average molecular weight is 447 g/mol. The molecule has 5 heteroatoms. The maximum Gasteiger partial charge on any atom is 0.282 e. The van der Waals surface area contributed by atoms with Gasteiger partial charge in [-0.2, -0.15) is 0 Å². The quantitative estimate of drug-likeness (QED) is 0.542. The standard InChI is InChI=1S/C28H34N2O3/c1-5-21-8-12-23(13-9-21)30-27(31)25(22-10-14-24(15-11-22)33-18-19(2)3)26(28(30)32)29-16-6-7-20(4)17-29/h8-15,19-20H,5-7,16-18H2,1-4H3. The zero-order chi connectivity index (χ0) is 23.5. The van der Waals surface area contributed by atoms with Crippen molar-refractivity contribution in [2.45, 2.75) is 47.0 Å². The second-order valence-corrected chi connectivity index (χ2v) is 9.61. The SMILES string of the molecule is CCc1ccc(N2C(=O)C(c3ccc(OCC(C)C)cc3)=C(N3CCCC(C)C3)C2=O)cc1. The van der Waals surface area contributed by atoms with E-state index in [-0.39, 0.29) is 11.8 Å². The Kier molecular flexibility index (Phi) is 6.87. The summed E-state index contributed by atoms with van der Waals surface area (Å²) >= 11 is 0. The van der Waals surface area contributed by atoms with Gasteiger partial charge in [0.15, 0.2) is 0 Å². The first-order chi connectivity index (χ1) is 15.9. The summed E-state index contributed by atoms with van der Waals surface area (Å²) in [5, 5.41) is 0. The third-order valence-corrected chi connectivity index (χ3v) is 6.36. The fourth-order valence-corrected chi connectivity index (χ4v) is 4.56. The molecule has 33 heavy (non-hydrogen) atoms. The van der Waals surface area contributed by atoms with Crippen molar-refractivity contribution in [3.63, 3.8) is 0 Å². The monoisotopic (exact) mass is 446 g/mol. The lowest BCUT2D eigenvalue weighted by molar-refractivity contribution is -0.120. The van der Waals surface area contributed by atoms with Crippen molar-refractivity contribution in [3.8, 4) is 5.75 Å². The molecule has 0 radical (unpaired) electrons. The molecule has 0 bridgehead atoms. The van der Waals surface area contributed by atoms with Crippen LogP contribution in [0.2, 0.25) is 0 Å². The Morgan fingerprint density at radius 3 is 2.30 bits per heavy atom. The summed E-state index contributed by atoms with van der Waals surface area (Å²) in [6.45, 7) is 10.7. The van der Waals surface area contributed by atoms with Crippen LogP contribution in [0.25, 0.3) is 5.57 Å². The van der Waals surface area contributed by atoms with Crippen LogP contribution in [0.4, 0.5) is 5.69 Å². The number of rotatable bonds is 7. The Morgan fingerprint density at radius 1 is 1.00 bits per heavy atom. The van der Waals surface area contributed by atoms with Crippen molar-refractivity contribution < 1.29 is 14.3 Å². The van der Waals surface area contributed by atoms with Gasteiger partial charge in [-0.15, -0.1) is 0 Å². The number of ether oxygens (including phenoxy) is 1. The number of aryl methyl sites for hydroxylation is 1. The molecule has 0 saturated carbocycles. The van der Waals surface area contributed by atoms with Crippen LogP contribution < -0.4 is 9.64 Å². The van der Waals surface area contributed by atoms with Gasteiger partial charge in [-0.05, 0) is 66.5 Å². The fraction of sp³-hybridized carbons (Fsp3) is 0.429. The number of amides is 2. The molecule has 0 aromatic heterocycles. The van der Waals surface area contributed by atoms with E-state index in [4.69, 9.17) is 4.74 Å². The zero-order valence-electron chi connectivity index (χ0n) is 20.1. The number of hydrogen-bond acceptors (Lipinski definition) is 4. The second-order valence-electron chi connectivity index (χ2n) is 9.61. The smallest absolute Gasteiger partial charge is 0.282 e. The molecule has 2 aromatic carbocycles. The summed E-state index contributed by atoms with van der Waals surface area (Å²) in [7, 11) is 0. The number of imide groups is 1. The first kappa shape index (κ1) is 23.1. The number of carbonyl (C=O) groups is 2. The van der Waals surface area contributed by atoms with Crippen molar-refractivity contribution in [1.29, 1.82) is 0 Å². The summed E-state index contributed by atoms with van der Waals surface area (Å²) in [5.74, 6) is 1.20. The van der Waals surface area contributed by atoms with E-state index in [0.29, 0.717) is 35.4 Å². The third kappa shape index (κ3) is 4.82. The van der Waals surface area contributed by atoms with E-state index < -0.39 is 0 Å². The number of piperidine rings is 1. The van der Waals surface area contributed by atoms with E-state index in [1.807, 2.05) is 48.5 Å². The molecule has 1 fully saturated rings. The Morgan fingerprint density at radius 2 is 1.70 bits per heavy atom. The molecule has 2 heterocycles. The van der Waals surface area contributed by atoms with E-state index in [1.165, 1.54) is 10.5 Å². The molecule has 2 amide bonds. The largest absolute Gasteiger partial charge is 0.493 e. The highest BCUT2D eigenvalue weighted by Gasteiger charge is 2.43. The van der Waals surface area contributed by atoms with E-state index in [0.717, 1.165) is 43.7 Å². The number of carbonyl (C=O) groups excluding carboxylic acids is 2. The lowest BCUT2D eigenvalue weighted by Crippen LogP contribution is -2.39. The number of benzene rings is 2. The second kappa shape index (κ2) is 9.82. The van der Waals surface area contributed by atoms with Gasteiger partial charge in [0.2, 0.25) is 0 Å². The van der Waals surface area contributed by atoms with Crippen molar-refractivity contribution in [2.24, 2.45) is 11.8 Å². The van der Waals surface area contributed by atoms with Gasteiger partial charge in [-0.1, -0.05) is 52.0 Å². The maximum atomic E-state index is 13.7. The number of anilines is 1.